The molecule has 0 heterocycles. The average molecular weight is 343 g/mol. The fourth-order valence-electron chi connectivity index (χ4n) is 2.43. The topological polar surface area (TPSA) is 17.1 Å². The second-order valence-electron chi connectivity index (χ2n) is 4.91. The van der Waals surface area contributed by atoms with E-state index in [4.69, 9.17) is 0 Å². The summed E-state index contributed by atoms with van der Waals surface area (Å²) in [6.07, 6.45) is 0. The Hall–Kier alpha value is -2.00. The fourth-order valence-corrected chi connectivity index (χ4v) is 2.87. The molecule has 0 saturated carbocycles. The van der Waals surface area contributed by atoms with Gasteiger partial charge in [-0.2, -0.15) is 0 Å². The number of hydrogen-bond acceptors (Lipinski definition) is 1. The van der Waals surface area contributed by atoms with Crippen LogP contribution in [-0.2, 0) is 0 Å². The Kier molecular flexibility index (Phi) is 3.60. The van der Waals surface area contributed by atoms with Crippen molar-refractivity contribution in [2.45, 2.75) is 6.92 Å². The van der Waals surface area contributed by atoms with Crippen LogP contribution in [0.5, 0.6) is 0 Å². The molecule has 0 aromatic heterocycles. The summed E-state index contributed by atoms with van der Waals surface area (Å²) in [5, 5.41) is 1.10. The highest BCUT2D eigenvalue weighted by atomic mass is 79.9. The Morgan fingerprint density at radius 2 is 1.62 bits per heavy atom. The van der Waals surface area contributed by atoms with E-state index < -0.39 is 0 Å². The van der Waals surface area contributed by atoms with Crippen molar-refractivity contribution in [3.63, 3.8) is 0 Å². The second kappa shape index (κ2) is 5.41. The average Bonchev–Trinajstić information content (AvgIpc) is 2.50. The maximum Gasteiger partial charge on any atom is 0.194 e. The molecule has 0 aliphatic rings. The Labute approximate surface area is 130 Å². The number of hydrogen-bond donors (Lipinski definition) is 0. The molecule has 104 valence electrons. The zero-order valence-corrected chi connectivity index (χ0v) is 12.9. The van der Waals surface area contributed by atoms with Crippen molar-refractivity contribution >= 4 is 32.5 Å². The smallest absolute Gasteiger partial charge is 0.194 e. The maximum atomic E-state index is 13.9. The lowest BCUT2D eigenvalue weighted by molar-refractivity contribution is 0.103. The molecule has 21 heavy (non-hydrogen) atoms. The number of benzene rings is 3. The zero-order valence-electron chi connectivity index (χ0n) is 11.4. The molecule has 0 atom stereocenters. The molecule has 0 aliphatic heterocycles. The molecule has 0 N–H and O–H groups in total. The van der Waals surface area contributed by atoms with Gasteiger partial charge < -0.3 is 0 Å². The van der Waals surface area contributed by atoms with Gasteiger partial charge in [0.05, 0.1) is 0 Å². The summed E-state index contributed by atoms with van der Waals surface area (Å²) in [6, 6.07) is 15.5. The van der Waals surface area contributed by atoms with Crippen LogP contribution in [0.15, 0.2) is 59.1 Å². The van der Waals surface area contributed by atoms with Crippen molar-refractivity contribution in [2.75, 3.05) is 0 Å². The molecule has 0 amide bonds. The summed E-state index contributed by atoms with van der Waals surface area (Å²) >= 11 is 3.46. The molecule has 3 heteroatoms. The van der Waals surface area contributed by atoms with Crippen LogP contribution in [0.1, 0.15) is 21.5 Å². The molecular weight excluding hydrogens is 331 g/mol. The van der Waals surface area contributed by atoms with Crippen molar-refractivity contribution in [1.82, 2.24) is 0 Å². The van der Waals surface area contributed by atoms with Crippen LogP contribution >= 0.6 is 15.9 Å². The van der Waals surface area contributed by atoms with E-state index in [1.54, 1.807) is 30.3 Å². The second-order valence-corrected chi connectivity index (χ2v) is 5.70. The molecule has 0 fully saturated rings. The van der Waals surface area contributed by atoms with E-state index in [1.165, 1.54) is 6.07 Å². The molecule has 3 rings (SSSR count). The predicted octanol–water partition coefficient (Wildman–Crippen LogP) is 5.28. The van der Waals surface area contributed by atoms with Crippen LogP contribution in [0.25, 0.3) is 10.8 Å². The van der Waals surface area contributed by atoms with Gasteiger partial charge in [0.2, 0.25) is 0 Å². The molecule has 0 bridgehead atoms. The van der Waals surface area contributed by atoms with Crippen LogP contribution < -0.4 is 0 Å². The third kappa shape index (κ3) is 2.38. The first-order valence-electron chi connectivity index (χ1n) is 6.56. The van der Waals surface area contributed by atoms with Gasteiger partial charge in [0.25, 0.3) is 0 Å². The van der Waals surface area contributed by atoms with Crippen molar-refractivity contribution in [1.29, 1.82) is 0 Å². The van der Waals surface area contributed by atoms with Gasteiger partial charge in [0.1, 0.15) is 5.82 Å². The van der Waals surface area contributed by atoms with Crippen molar-refractivity contribution in [3.8, 4) is 0 Å². The summed E-state index contributed by atoms with van der Waals surface area (Å²) in [6.45, 7) is 1.93. The van der Waals surface area contributed by atoms with E-state index in [0.29, 0.717) is 21.9 Å². The molecule has 3 aromatic carbocycles. The summed E-state index contributed by atoms with van der Waals surface area (Å²) in [7, 11) is 0. The lowest BCUT2D eigenvalue weighted by atomic mass is 9.96. The van der Waals surface area contributed by atoms with Crippen LogP contribution in [0.3, 0.4) is 0 Å². The van der Waals surface area contributed by atoms with Crippen LogP contribution in [-0.4, -0.2) is 5.78 Å². The third-order valence-corrected chi connectivity index (χ3v) is 4.60. The quantitative estimate of drug-likeness (QED) is 0.579. The normalized spacial score (nSPS) is 10.8. The first kappa shape index (κ1) is 14.0. The molecule has 0 radical (unpaired) electrons. The molecule has 0 aliphatic carbocycles. The van der Waals surface area contributed by atoms with Crippen molar-refractivity contribution < 1.29 is 9.18 Å². The lowest BCUT2D eigenvalue weighted by Gasteiger charge is -2.09. The summed E-state index contributed by atoms with van der Waals surface area (Å²) in [4.78, 5) is 12.8. The van der Waals surface area contributed by atoms with Crippen molar-refractivity contribution in [3.05, 3.63) is 81.6 Å². The first-order chi connectivity index (χ1) is 10.1. The van der Waals surface area contributed by atoms with Gasteiger partial charge in [-0.25, -0.2) is 4.39 Å². The highest BCUT2D eigenvalue weighted by Crippen LogP contribution is 2.28. The van der Waals surface area contributed by atoms with Gasteiger partial charge in [-0.3, -0.25) is 4.79 Å². The Morgan fingerprint density at radius 3 is 2.38 bits per heavy atom. The standard InChI is InChI=1S/C18H12BrFO/c1-11-5-4-8-15(17(11)19)18(21)14-9-10-16(20)13-7-3-2-6-12(13)14/h2-10H,1H3. The molecule has 1 nitrogen and oxygen atoms in total. The van der Waals surface area contributed by atoms with E-state index in [0.717, 1.165) is 10.0 Å². The SMILES string of the molecule is Cc1cccc(C(=O)c2ccc(F)c3ccccc23)c1Br. The van der Waals surface area contributed by atoms with Crippen LogP contribution in [0.2, 0.25) is 0 Å². The minimum atomic E-state index is -0.314. The van der Waals surface area contributed by atoms with Gasteiger partial charge in [0.15, 0.2) is 5.78 Å². The van der Waals surface area contributed by atoms with Crippen LogP contribution in [0, 0.1) is 12.7 Å². The number of aryl methyl sites for hydroxylation is 1. The Bertz CT molecular complexity index is 855. The number of ketones is 1. The van der Waals surface area contributed by atoms with E-state index in [1.807, 2.05) is 25.1 Å². The molecular formula is C18H12BrFO. The Morgan fingerprint density at radius 1 is 0.905 bits per heavy atom. The molecule has 0 unspecified atom stereocenters. The van der Waals surface area contributed by atoms with Gasteiger partial charge in [0, 0.05) is 21.0 Å². The molecule has 0 saturated heterocycles. The first-order valence-corrected chi connectivity index (χ1v) is 7.36. The van der Waals surface area contributed by atoms with E-state index >= 15 is 0 Å². The Balaban J connectivity index is 2.23. The number of rotatable bonds is 2. The third-order valence-electron chi connectivity index (χ3n) is 3.55. The van der Waals surface area contributed by atoms with E-state index in [2.05, 4.69) is 15.9 Å². The van der Waals surface area contributed by atoms with Crippen LogP contribution in [0.4, 0.5) is 4.39 Å². The number of carbonyl (C=O) groups excluding carboxylic acids is 1. The monoisotopic (exact) mass is 342 g/mol. The fraction of sp³-hybridized carbons (Fsp3) is 0.0556. The zero-order chi connectivity index (χ0) is 15.0. The lowest BCUT2D eigenvalue weighted by Crippen LogP contribution is -2.04. The highest BCUT2D eigenvalue weighted by molar-refractivity contribution is 9.10. The molecule has 3 aromatic rings. The maximum absolute atomic E-state index is 13.9. The van der Waals surface area contributed by atoms with E-state index in [-0.39, 0.29) is 11.6 Å². The van der Waals surface area contributed by atoms with Gasteiger partial charge >= 0.3 is 0 Å². The summed E-state index contributed by atoms with van der Waals surface area (Å²) in [5.41, 5.74) is 2.09. The highest BCUT2D eigenvalue weighted by Gasteiger charge is 2.17. The number of fused-ring (bicyclic) bond motifs is 1. The van der Waals surface area contributed by atoms with Gasteiger partial charge in [-0.05, 0) is 52.0 Å². The largest absolute Gasteiger partial charge is 0.289 e. The number of carbonyl (C=O) groups is 1. The van der Waals surface area contributed by atoms with Gasteiger partial charge in [-0.15, -0.1) is 0 Å². The van der Waals surface area contributed by atoms with Crippen molar-refractivity contribution in [2.24, 2.45) is 0 Å². The minimum absolute atomic E-state index is 0.109. The summed E-state index contributed by atoms with van der Waals surface area (Å²) < 4.78 is 14.6. The summed E-state index contributed by atoms with van der Waals surface area (Å²) in [5.74, 6) is -0.424. The number of halogens is 2. The minimum Gasteiger partial charge on any atom is -0.289 e. The van der Waals surface area contributed by atoms with E-state index in [9.17, 15) is 9.18 Å². The van der Waals surface area contributed by atoms with Gasteiger partial charge in [-0.1, -0.05) is 36.4 Å². The molecule has 0 spiro atoms. The predicted molar refractivity (Wildman–Crippen MR) is 86.2 cm³/mol.